The second-order valence-electron chi connectivity index (χ2n) is 5.70. The van der Waals surface area contributed by atoms with Gasteiger partial charge in [-0.05, 0) is 42.1 Å². The van der Waals surface area contributed by atoms with Crippen LogP contribution in [0.1, 0.15) is 31.7 Å². The molecular formula is C18H21NO. The van der Waals surface area contributed by atoms with E-state index in [4.69, 9.17) is 0 Å². The minimum absolute atomic E-state index is 0.281. The Labute approximate surface area is 120 Å². The predicted molar refractivity (Wildman–Crippen MR) is 82.9 cm³/mol. The maximum absolute atomic E-state index is 12.7. The second kappa shape index (κ2) is 5.37. The molecule has 0 spiro atoms. The predicted octanol–water partition coefficient (Wildman–Crippen LogP) is 3.48. The molecule has 2 nitrogen and oxygen atoms in total. The molecule has 2 heteroatoms. The molecule has 0 aromatic heterocycles. The van der Waals surface area contributed by atoms with Gasteiger partial charge in [-0.15, -0.1) is 0 Å². The lowest BCUT2D eigenvalue weighted by Gasteiger charge is -2.26. The van der Waals surface area contributed by atoms with Crippen LogP contribution in [0.4, 0.5) is 0 Å². The molecular weight excluding hydrogens is 246 g/mol. The molecule has 2 aromatic rings. The number of carbonyl (C=O) groups excluding carboxylic acids is 1. The van der Waals surface area contributed by atoms with E-state index < -0.39 is 0 Å². The zero-order valence-electron chi connectivity index (χ0n) is 12.0. The topological polar surface area (TPSA) is 29.1 Å². The van der Waals surface area contributed by atoms with Gasteiger partial charge in [0.1, 0.15) is 0 Å². The van der Waals surface area contributed by atoms with E-state index in [9.17, 15) is 4.79 Å². The van der Waals surface area contributed by atoms with Crippen molar-refractivity contribution in [3.63, 3.8) is 0 Å². The van der Waals surface area contributed by atoms with Crippen molar-refractivity contribution in [1.29, 1.82) is 0 Å². The van der Waals surface area contributed by atoms with Crippen molar-refractivity contribution < 1.29 is 4.79 Å². The summed E-state index contributed by atoms with van der Waals surface area (Å²) in [5.74, 6) is 0.342. The molecule has 1 heterocycles. The maximum atomic E-state index is 12.7. The summed E-state index contributed by atoms with van der Waals surface area (Å²) < 4.78 is 0. The lowest BCUT2D eigenvalue weighted by Crippen LogP contribution is -2.47. The zero-order valence-corrected chi connectivity index (χ0v) is 12.0. The van der Waals surface area contributed by atoms with E-state index in [0.717, 1.165) is 31.4 Å². The van der Waals surface area contributed by atoms with Gasteiger partial charge in [-0.2, -0.15) is 0 Å². The minimum atomic E-state index is -0.281. The number of rotatable bonds is 4. The number of hydrogen-bond donors (Lipinski definition) is 1. The maximum Gasteiger partial charge on any atom is 0.157 e. The van der Waals surface area contributed by atoms with Crippen LogP contribution in [0, 0.1) is 0 Å². The summed E-state index contributed by atoms with van der Waals surface area (Å²) >= 11 is 0. The lowest BCUT2D eigenvalue weighted by atomic mass is 9.85. The molecule has 0 aliphatic carbocycles. The first-order valence-corrected chi connectivity index (χ1v) is 7.50. The third-order valence-corrected chi connectivity index (χ3v) is 4.61. The molecule has 104 valence electrons. The van der Waals surface area contributed by atoms with E-state index >= 15 is 0 Å². The first-order valence-electron chi connectivity index (χ1n) is 7.50. The molecule has 2 aromatic carbocycles. The highest BCUT2D eigenvalue weighted by Gasteiger charge is 2.38. The first-order chi connectivity index (χ1) is 9.75. The molecule has 1 atom stereocenters. The fourth-order valence-electron chi connectivity index (χ4n) is 3.33. The molecule has 0 saturated carbocycles. The molecule has 3 rings (SSSR count). The largest absolute Gasteiger partial charge is 0.305 e. The van der Waals surface area contributed by atoms with Crippen LogP contribution < -0.4 is 5.32 Å². The van der Waals surface area contributed by atoms with E-state index in [1.165, 1.54) is 10.8 Å². The molecule has 0 radical (unpaired) electrons. The van der Waals surface area contributed by atoms with Crippen molar-refractivity contribution in [3.05, 3.63) is 48.0 Å². The highest BCUT2D eigenvalue weighted by Crippen LogP contribution is 2.27. The summed E-state index contributed by atoms with van der Waals surface area (Å²) in [4.78, 5) is 12.7. The van der Waals surface area contributed by atoms with Crippen molar-refractivity contribution in [2.45, 2.75) is 38.1 Å². The Balaban J connectivity index is 1.91. The summed E-state index contributed by atoms with van der Waals surface area (Å²) in [7, 11) is 0. The summed E-state index contributed by atoms with van der Waals surface area (Å²) in [6.07, 6.45) is 3.50. The lowest BCUT2D eigenvalue weighted by molar-refractivity contribution is -0.124. The quantitative estimate of drug-likeness (QED) is 0.919. The van der Waals surface area contributed by atoms with Gasteiger partial charge >= 0.3 is 0 Å². The van der Waals surface area contributed by atoms with Crippen LogP contribution in [0.25, 0.3) is 10.8 Å². The van der Waals surface area contributed by atoms with Crippen molar-refractivity contribution in [2.75, 3.05) is 6.54 Å². The van der Waals surface area contributed by atoms with Gasteiger partial charge in [-0.25, -0.2) is 0 Å². The zero-order chi connectivity index (χ0) is 14.0. The van der Waals surface area contributed by atoms with E-state index in [2.05, 4.69) is 36.5 Å². The van der Waals surface area contributed by atoms with Crippen molar-refractivity contribution in [2.24, 2.45) is 0 Å². The monoisotopic (exact) mass is 267 g/mol. The Morgan fingerprint density at radius 2 is 2.00 bits per heavy atom. The van der Waals surface area contributed by atoms with Gasteiger partial charge in [-0.1, -0.05) is 49.4 Å². The van der Waals surface area contributed by atoms with Crippen LogP contribution in [-0.4, -0.2) is 17.9 Å². The molecule has 1 saturated heterocycles. The van der Waals surface area contributed by atoms with Crippen LogP contribution in [0.5, 0.6) is 0 Å². The molecule has 1 unspecified atom stereocenters. The van der Waals surface area contributed by atoms with Crippen LogP contribution >= 0.6 is 0 Å². The van der Waals surface area contributed by atoms with E-state index in [1.807, 2.05) is 18.2 Å². The summed E-state index contributed by atoms with van der Waals surface area (Å²) in [5.41, 5.74) is 0.867. The highest BCUT2D eigenvalue weighted by atomic mass is 16.1. The minimum Gasteiger partial charge on any atom is -0.305 e. The van der Waals surface area contributed by atoms with Gasteiger partial charge < -0.3 is 5.32 Å². The van der Waals surface area contributed by atoms with Crippen molar-refractivity contribution in [3.8, 4) is 0 Å². The normalized spacial score (nSPS) is 22.2. The van der Waals surface area contributed by atoms with Gasteiger partial charge in [0.2, 0.25) is 0 Å². The molecule has 1 aliphatic rings. The Morgan fingerprint density at radius 1 is 1.20 bits per heavy atom. The molecule has 1 aliphatic heterocycles. The summed E-state index contributed by atoms with van der Waals surface area (Å²) in [6, 6.07) is 14.5. The molecule has 0 bridgehead atoms. The smallest absolute Gasteiger partial charge is 0.157 e. The number of carbonyl (C=O) groups is 1. The average molecular weight is 267 g/mol. The molecule has 1 N–H and O–H groups in total. The fraction of sp³-hybridized carbons (Fsp3) is 0.389. The number of Topliss-reactive ketones (excluding diaryl/α,β-unsaturated/α-hetero) is 1. The molecule has 0 amide bonds. The van der Waals surface area contributed by atoms with Gasteiger partial charge in [0.25, 0.3) is 0 Å². The van der Waals surface area contributed by atoms with Gasteiger partial charge in [0.15, 0.2) is 5.78 Å². The Bertz CT molecular complexity index is 621. The Hall–Kier alpha value is -1.67. The summed E-state index contributed by atoms with van der Waals surface area (Å²) in [5, 5.41) is 5.85. The van der Waals surface area contributed by atoms with Crippen molar-refractivity contribution >= 4 is 16.6 Å². The number of benzene rings is 2. The Kier molecular flexibility index (Phi) is 3.58. The van der Waals surface area contributed by atoms with E-state index in [1.54, 1.807) is 0 Å². The highest BCUT2D eigenvalue weighted by molar-refractivity contribution is 5.95. The summed E-state index contributed by atoms with van der Waals surface area (Å²) in [6.45, 7) is 3.08. The number of nitrogens with one attached hydrogen (secondary N) is 1. The van der Waals surface area contributed by atoms with Crippen LogP contribution in [0.2, 0.25) is 0 Å². The van der Waals surface area contributed by atoms with Gasteiger partial charge in [-0.3, -0.25) is 4.79 Å². The van der Waals surface area contributed by atoms with Crippen LogP contribution in [0.15, 0.2) is 42.5 Å². The number of hydrogen-bond acceptors (Lipinski definition) is 2. The molecule has 20 heavy (non-hydrogen) atoms. The third kappa shape index (κ3) is 2.25. The van der Waals surface area contributed by atoms with Crippen LogP contribution in [-0.2, 0) is 11.2 Å². The van der Waals surface area contributed by atoms with E-state index in [-0.39, 0.29) is 5.54 Å². The van der Waals surface area contributed by atoms with Crippen LogP contribution in [0.3, 0.4) is 0 Å². The van der Waals surface area contributed by atoms with Crippen molar-refractivity contribution in [1.82, 2.24) is 5.32 Å². The standard InChI is InChI=1S/C18H21NO/c1-2-18(11-6-12-19-18)17(20)13-15-9-5-8-14-7-3-4-10-16(14)15/h3-5,7-10,19H,2,6,11-13H2,1H3. The molecule has 1 fully saturated rings. The SMILES string of the molecule is CCC1(C(=O)Cc2cccc3ccccc23)CCCN1. The first kappa shape index (κ1) is 13.3. The Morgan fingerprint density at radius 3 is 2.75 bits per heavy atom. The van der Waals surface area contributed by atoms with Gasteiger partial charge in [0, 0.05) is 6.42 Å². The third-order valence-electron chi connectivity index (χ3n) is 4.61. The average Bonchev–Trinajstić information content (AvgIpc) is 2.98. The second-order valence-corrected chi connectivity index (χ2v) is 5.70. The van der Waals surface area contributed by atoms with Gasteiger partial charge in [0.05, 0.1) is 5.54 Å². The number of fused-ring (bicyclic) bond motifs is 1. The van der Waals surface area contributed by atoms with E-state index in [0.29, 0.717) is 12.2 Å². The number of ketones is 1. The fourth-order valence-corrected chi connectivity index (χ4v) is 3.33.